The van der Waals surface area contributed by atoms with E-state index in [1.165, 1.54) is 7.05 Å². The van der Waals surface area contributed by atoms with E-state index in [1.807, 2.05) is 14.1 Å². The van der Waals surface area contributed by atoms with Gasteiger partial charge >= 0.3 is 0 Å². The summed E-state index contributed by atoms with van der Waals surface area (Å²) in [5, 5.41) is 8.58. The molecule has 2 rings (SSSR count). The monoisotopic (exact) mass is 351 g/mol. The second-order valence-electron chi connectivity index (χ2n) is 5.77. The predicted octanol–water partition coefficient (Wildman–Crippen LogP) is 2.12. The second kappa shape index (κ2) is 7.55. The lowest BCUT2D eigenvalue weighted by atomic mass is 10.2. The zero-order valence-corrected chi connectivity index (χ0v) is 14.8. The highest BCUT2D eigenvalue weighted by atomic mass is 35.5. The van der Waals surface area contributed by atoms with E-state index in [4.69, 9.17) is 27.5 Å². The summed E-state index contributed by atoms with van der Waals surface area (Å²) in [6.07, 6.45) is 0.886. The Morgan fingerprint density at radius 1 is 1.38 bits per heavy atom. The summed E-state index contributed by atoms with van der Waals surface area (Å²) < 4.78 is 5.82. The second-order valence-corrected chi connectivity index (χ2v) is 6.18. The molecule has 1 amide bonds. The van der Waals surface area contributed by atoms with Crippen LogP contribution in [-0.4, -0.2) is 60.9 Å². The third-order valence-electron chi connectivity index (χ3n) is 3.61. The number of nitrogens with zero attached hydrogens (tertiary/aromatic N) is 2. The van der Waals surface area contributed by atoms with E-state index in [-0.39, 0.29) is 5.96 Å². The maximum Gasteiger partial charge on any atom is 0.276 e. The van der Waals surface area contributed by atoms with Crippen molar-refractivity contribution in [1.82, 2.24) is 14.8 Å². The van der Waals surface area contributed by atoms with Crippen molar-refractivity contribution in [2.24, 2.45) is 5.73 Å². The van der Waals surface area contributed by atoms with Crippen molar-refractivity contribution in [2.45, 2.75) is 6.42 Å². The molecule has 1 aromatic heterocycles. The van der Waals surface area contributed by atoms with Crippen LogP contribution >= 0.6 is 11.6 Å². The number of fused-ring (bicyclic) bond motifs is 1. The van der Waals surface area contributed by atoms with Gasteiger partial charge in [-0.15, -0.1) is 0 Å². The maximum atomic E-state index is 12.3. The molecule has 2 aromatic rings. The average Bonchev–Trinajstić information content (AvgIpc) is 2.97. The summed E-state index contributed by atoms with van der Waals surface area (Å²) in [5.74, 6) is -0.101. The van der Waals surface area contributed by atoms with Gasteiger partial charge in [-0.25, -0.2) is 0 Å². The maximum absolute atomic E-state index is 12.3. The van der Waals surface area contributed by atoms with Gasteiger partial charge < -0.3 is 20.4 Å². The van der Waals surface area contributed by atoms with Gasteiger partial charge in [0.15, 0.2) is 5.96 Å². The van der Waals surface area contributed by atoms with Crippen molar-refractivity contribution in [1.29, 1.82) is 5.41 Å². The summed E-state index contributed by atoms with van der Waals surface area (Å²) in [6, 6.07) is 5.16. The number of rotatable bonds is 6. The highest BCUT2D eigenvalue weighted by Crippen LogP contribution is 2.32. The molecular formula is C16H22ClN5O2. The number of hydrogen-bond acceptors (Lipinski definition) is 4. The number of nitrogens with two attached hydrogens (primary N) is 1. The summed E-state index contributed by atoms with van der Waals surface area (Å²) in [4.78, 5) is 18.5. The van der Waals surface area contributed by atoms with Crippen LogP contribution in [0.5, 0.6) is 5.75 Å². The minimum Gasteiger partial charge on any atom is -0.491 e. The minimum absolute atomic E-state index is 0.300. The number of halogens is 1. The fraction of sp³-hybridized carbons (Fsp3) is 0.375. The smallest absolute Gasteiger partial charge is 0.276 e. The third kappa shape index (κ3) is 3.98. The number of aromatic amines is 1. The first-order chi connectivity index (χ1) is 11.3. The van der Waals surface area contributed by atoms with Gasteiger partial charge in [0.1, 0.15) is 11.4 Å². The van der Waals surface area contributed by atoms with Crippen LogP contribution in [0.2, 0.25) is 5.02 Å². The summed E-state index contributed by atoms with van der Waals surface area (Å²) >= 11 is 6.22. The first-order valence-corrected chi connectivity index (χ1v) is 7.90. The molecule has 0 unspecified atom stereocenters. The van der Waals surface area contributed by atoms with Crippen molar-refractivity contribution in [3.63, 3.8) is 0 Å². The van der Waals surface area contributed by atoms with Crippen molar-refractivity contribution < 1.29 is 9.53 Å². The van der Waals surface area contributed by atoms with E-state index in [2.05, 4.69) is 9.88 Å². The van der Waals surface area contributed by atoms with Crippen LogP contribution in [0.3, 0.4) is 0 Å². The van der Waals surface area contributed by atoms with E-state index >= 15 is 0 Å². The number of amides is 1. The number of H-pyrrole nitrogens is 1. The number of guanidine groups is 1. The van der Waals surface area contributed by atoms with Crippen LogP contribution in [0.25, 0.3) is 10.9 Å². The van der Waals surface area contributed by atoms with Gasteiger partial charge in [-0.05, 0) is 38.7 Å². The normalized spacial score (nSPS) is 11.0. The molecule has 0 bridgehead atoms. The predicted molar refractivity (Wildman–Crippen MR) is 96.0 cm³/mol. The number of carbonyl (C=O) groups is 1. The fourth-order valence-electron chi connectivity index (χ4n) is 2.25. The van der Waals surface area contributed by atoms with Crippen molar-refractivity contribution in [3.05, 3.63) is 28.9 Å². The molecule has 7 nitrogen and oxygen atoms in total. The van der Waals surface area contributed by atoms with E-state index < -0.39 is 5.91 Å². The Morgan fingerprint density at radius 2 is 2.08 bits per heavy atom. The van der Waals surface area contributed by atoms with Gasteiger partial charge in [-0.2, -0.15) is 0 Å². The zero-order valence-electron chi connectivity index (χ0n) is 14.0. The lowest BCUT2D eigenvalue weighted by Crippen LogP contribution is -2.38. The standard InChI is InChI=1S/C16H22ClN5O2/c1-21(2)7-4-8-24-13-6-5-11(17)10-9-12(20-14(10)13)15(23)22(3)16(18)19/h5-6,9,20H,4,7-8H2,1-3H3,(H3,18,19). The number of nitrogens with one attached hydrogen (secondary N) is 2. The van der Waals surface area contributed by atoms with Gasteiger partial charge in [0, 0.05) is 19.0 Å². The minimum atomic E-state index is -0.409. The summed E-state index contributed by atoms with van der Waals surface area (Å²) in [6.45, 7) is 1.49. The zero-order chi connectivity index (χ0) is 17.9. The van der Waals surface area contributed by atoms with Gasteiger partial charge in [-0.1, -0.05) is 11.6 Å². The Morgan fingerprint density at radius 3 is 2.71 bits per heavy atom. The van der Waals surface area contributed by atoms with E-state index in [1.54, 1.807) is 18.2 Å². The van der Waals surface area contributed by atoms with Gasteiger partial charge in [0.25, 0.3) is 5.91 Å². The first-order valence-electron chi connectivity index (χ1n) is 7.52. The quantitative estimate of drug-likeness (QED) is 0.421. The van der Waals surface area contributed by atoms with Crippen LogP contribution in [-0.2, 0) is 0 Å². The van der Waals surface area contributed by atoms with Gasteiger partial charge in [0.2, 0.25) is 0 Å². The lowest BCUT2D eigenvalue weighted by Gasteiger charge is -2.13. The lowest BCUT2D eigenvalue weighted by molar-refractivity contribution is 0.0864. The Labute approximate surface area is 145 Å². The van der Waals surface area contributed by atoms with Gasteiger partial charge in [0.05, 0.1) is 17.1 Å². The number of aromatic nitrogens is 1. The number of benzene rings is 1. The molecule has 0 saturated heterocycles. The molecule has 0 saturated carbocycles. The summed E-state index contributed by atoms with van der Waals surface area (Å²) in [5.41, 5.74) is 6.31. The molecule has 0 radical (unpaired) electrons. The molecule has 0 aliphatic rings. The van der Waals surface area contributed by atoms with Crippen molar-refractivity contribution in [3.8, 4) is 5.75 Å². The van der Waals surface area contributed by atoms with Crippen LogP contribution in [0.15, 0.2) is 18.2 Å². The Balaban J connectivity index is 2.26. The van der Waals surface area contributed by atoms with Crippen LogP contribution < -0.4 is 10.5 Å². The average molecular weight is 352 g/mol. The van der Waals surface area contributed by atoms with E-state index in [0.29, 0.717) is 34.0 Å². The summed E-state index contributed by atoms with van der Waals surface area (Å²) in [7, 11) is 5.46. The van der Waals surface area contributed by atoms with Crippen LogP contribution in [0, 0.1) is 5.41 Å². The third-order valence-corrected chi connectivity index (χ3v) is 3.94. The number of carbonyl (C=O) groups excluding carboxylic acids is 1. The molecule has 0 aliphatic carbocycles. The molecule has 8 heteroatoms. The number of hydrogen-bond donors (Lipinski definition) is 3. The van der Waals surface area contributed by atoms with E-state index in [0.717, 1.165) is 17.9 Å². The molecular weight excluding hydrogens is 330 g/mol. The molecule has 0 fully saturated rings. The highest BCUT2D eigenvalue weighted by molar-refractivity contribution is 6.35. The largest absolute Gasteiger partial charge is 0.491 e. The van der Waals surface area contributed by atoms with Crippen molar-refractivity contribution >= 4 is 34.4 Å². The molecule has 1 aromatic carbocycles. The van der Waals surface area contributed by atoms with Crippen LogP contribution in [0.4, 0.5) is 0 Å². The highest BCUT2D eigenvalue weighted by Gasteiger charge is 2.19. The Kier molecular flexibility index (Phi) is 5.69. The molecule has 24 heavy (non-hydrogen) atoms. The Hall–Kier alpha value is -2.25. The van der Waals surface area contributed by atoms with E-state index in [9.17, 15) is 4.79 Å². The molecule has 0 spiro atoms. The molecule has 4 N–H and O–H groups in total. The number of ether oxygens (including phenoxy) is 1. The molecule has 0 atom stereocenters. The molecule has 130 valence electrons. The first kappa shape index (κ1) is 18.1. The van der Waals surface area contributed by atoms with Crippen molar-refractivity contribution in [2.75, 3.05) is 34.3 Å². The van der Waals surface area contributed by atoms with Crippen LogP contribution in [0.1, 0.15) is 16.9 Å². The topological polar surface area (TPSA) is 98.4 Å². The Bertz CT molecular complexity index is 756. The fourth-order valence-corrected chi connectivity index (χ4v) is 2.46. The SMILES string of the molecule is CN(C)CCCOc1ccc(Cl)c2cc(C(=O)N(C)C(=N)N)[nH]c12. The van der Waals surface area contributed by atoms with Gasteiger partial charge in [-0.3, -0.25) is 15.1 Å². The molecule has 0 aliphatic heterocycles. The molecule has 1 heterocycles.